The first kappa shape index (κ1) is 19.9. The van der Waals surface area contributed by atoms with E-state index in [0.717, 1.165) is 55.0 Å². The molecule has 0 aliphatic carbocycles. The van der Waals surface area contributed by atoms with Gasteiger partial charge in [-0.1, -0.05) is 72.8 Å². The van der Waals surface area contributed by atoms with Crippen molar-refractivity contribution in [2.24, 2.45) is 0 Å². The quantitative estimate of drug-likeness (QED) is 0.269. The highest BCUT2D eigenvalue weighted by molar-refractivity contribution is 6.17. The standard InChI is InChI=1S/C32H23N3/c1-19-29(31-21-11-3-7-15-25(21)34-26-16-8-4-12-22(26)31)30(20(2)33-19)32-23-13-5-9-17-27(23)35-28-18-10-6-14-24(28)32/h3-18,33H,1-2H3. The zero-order chi connectivity index (χ0) is 23.5. The minimum absolute atomic E-state index is 1.01. The van der Waals surface area contributed by atoms with E-state index in [1.54, 1.807) is 0 Å². The normalized spacial score (nSPS) is 11.7. The van der Waals surface area contributed by atoms with Crippen LogP contribution in [0.4, 0.5) is 0 Å². The van der Waals surface area contributed by atoms with E-state index in [1.807, 2.05) is 0 Å². The predicted octanol–water partition coefficient (Wildman–Crippen LogP) is 8.37. The Morgan fingerprint density at radius 1 is 0.400 bits per heavy atom. The van der Waals surface area contributed by atoms with Crippen molar-refractivity contribution in [2.45, 2.75) is 13.8 Å². The Morgan fingerprint density at radius 2 is 0.686 bits per heavy atom. The largest absolute Gasteiger partial charge is 0.362 e. The highest BCUT2D eigenvalue weighted by Crippen LogP contribution is 2.47. The molecule has 35 heavy (non-hydrogen) atoms. The zero-order valence-electron chi connectivity index (χ0n) is 19.6. The van der Waals surface area contributed by atoms with E-state index in [2.05, 4.69) is 116 Å². The highest BCUT2D eigenvalue weighted by Gasteiger charge is 2.23. The van der Waals surface area contributed by atoms with Crippen molar-refractivity contribution in [3.05, 3.63) is 108 Å². The van der Waals surface area contributed by atoms with Gasteiger partial charge in [-0.15, -0.1) is 0 Å². The Labute approximate surface area is 203 Å². The molecule has 0 spiro atoms. The fraction of sp³-hybridized carbons (Fsp3) is 0.0625. The minimum atomic E-state index is 1.01. The third-order valence-electron chi connectivity index (χ3n) is 7.05. The maximum Gasteiger partial charge on any atom is 0.0715 e. The van der Waals surface area contributed by atoms with E-state index in [1.165, 1.54) is 22.3 Å². The Morgan fingerprint density at radius 3 is 1.00 bits per heavy atom. The monoisotopic (exact) mass is 449 g/mol. The van der Waals surface area contributed by atoms with Crippen LogP contribution in [0.3, 0.4) is 0 Å². The minimum Gasteiger partial charge on any atom is -0.362 e. The lowest BCUT2D eigenvalue weighted by molar-refractivity contribution is 1.19. The number of aromatic nitrogens is 3. The molecule has 3 heteroatoms. The van der Waals surface area contributed by atoms with Crippen molar-refractivity contribution in [1.82, 2.24) is 15.0 Å². The number of H-pyrrole nitrogens is 1. The zero-order valence-corrected chi connectivity index (χ0v) is 19.6. The van der Waals surface area contributed by atoms with E-state index in [0.29, 0.717) is 0 Å². The number of aryl methyl sites for hydroxylation is 2. The molecule has 166 valence electrons. The van der Waals surface area contributed by atoms with Crippen LogP contribution in [-0.4, -0.2) is 15.0 Å². The molecule has 0 aliphatic rings. The summed E-state index contributed by atoms with van der Waals surface area (Å²) in [4.78, 5) is 13.7. The number of benzene rings is 4. The Bertz CT molecular complexity index is 1680. The molecule has 7 rings (SSSR count). The summed E-state index contributed by atoms with van der Waals surface area (Å²) in [6.45, 7) is 4.36. The molecule has 3 aromatic heterocycles. The smallest absolute Gasteiger partial charge is 0.0715 e. The van der Waals surface area contributed by atoms with E-state index >= 15 is 0 Å². The summed E-state index contributed by atoms with van der Waals surface area (Å²) >= 11 is 0. The second-order valence-electron chi connectivity index (χ2n) is 9.17. The Kier molecular flexibility index (Phi) is 4.27. The van der Waals surface area contributed by atoms with Gasteiger partial charge in [0.05, 0.1) is 22.1 Å². The molecular weight excluding hydrogens is 426 g/mol. The number of hydrogen-bond donors (Lipinski definition) is 1. The second kappa shape index (κ2) is 7.51. The van der Waals surface area contributed by atoms with Gasteiger partial charge in [-0.3, -0.25) is 0 Å². The maximum atomic E-state index is 4.98. The molecule has 7 aromatic rings. The lowest BCUT2D eigenvalue weighted by Gasteiger charge is -2.16. The van der Waals surface area contributed by atoms with Crippen molar-refractivity contribution in [1.29, 1.82) is 0 Å². The summed E-state index contributed by atoms with van der Waals surface area (Å²) in [6, 6.07) is 33.9. The molecule has 0 unspecified atom stereocenters. The van der Waals surface area contributed by atoms with Crippen LogP contribution < -0.4 is 0 Å². The van der Waals surface area contributed by atoms with Gasteiger partial charge in [0.25, 0.3) is 0 Å². The molecule has 0 bridgehead atoms. The van der Waals surface area contributed by atoms with Crippen LogP contribution in [0.1, 0.15) is 11.4 Å². The number of nitrogens with one attached hydrogen (secondary N) is 1. The summed E-state index contributed by atoms with van der Waals surface area (Å²) in [5.41, 5.74) is 11.3. The van der Waals surface area contributed by atoms with Crippen LogP contribution in [0.15, 0.2) is 97.1 Å². The van der Waals surface area contributed by atoms with Gasteiger partial charge in [0, 0.05) is 55.2 Å². The van der Waals surface area contributed by atoms with Gasteiger partial charge in [-0.25, -0.2) is 9.97 Å². The number of para-hydroxylation sites is 4. The van der Waals surface area contributed by atoms with Gasteiger partial charge in [-0.2, -0.15) is 0 Å². The van der Waals surface area contributed by atoms with E-state index in [-0.39, 0.29) is 0 Å². The van der Waals surface area contributed by atoms with Crippen molar-refractivity contribution < 1.29 is 0 Å². The molecule has 0 saturated carbocycles. The SMILES string of the molecule is Cc1[nH]c(C)c(-c2c3ccccc3nc3ccccc23)c1-c1c2ccccc2nc2ccccc12. The molecule has 0 aliphatic heterocycles. The third-order valence-corrected chi connectivity index (χ3v) is 7.05. The molecule has 4 aromatic carbocycles. The van der Waals surface area contributed by atoms with Gasteiger partial charge in [0.2, 0.25) is 0 Å². The molecule has 0 atom stereocenters. The van der Waals surface area contributed by atoms with Crippen LogP contribution in [-0.2, 0) is 0 Å². The summed E-state index contributed by atoms with van der Waals surface area (Å²) < 4.78 is 0. The van der Waals surface area contributed by atoms with Crippen LogP contribution in [0.5, 0.6) is 0 Å². The fourth-order valence-electron chi connectivity index (χ4n) is 5.62. The highest BCUT2D eigenvalue weighted by atomic mass is 14.7. The third kappa shape index (κ3) is 2.91. The summed E-state index contributed by atoms with van der Waals surface area (Å²) in [6.07, 6.45) is 0. The fourth-order valence-corrected chi connectivity index (χ4v) is 5.62. The number of pyridine rings is 2. The number of hydrogen-bond acceptors (Lipinski definition) is 2. The van der Waals surface area contributed by atoms with E-state index in [9.17, 15) is 0 Å². The number of aromatic amines is 1. The van der Waals surface area contributed by atoms with E-state index < -0.39 is 0 Å². The first-order chi connectivity index (χ1) is 17.2. The summed E-state index contributed by atoms with van der Waals surface area (Å²) in [7, 11) is 0. The van der Waals surface area contributed by atoms with Crippen molar-refractivity contribution in [3.8, 4) is 22.3 Å². The molecule has 0 amide bonds. The lowest BCUT2D eigenvalue weighted by Crippen LogP contribution is -1.94. The van der Waals surface area contributed by atoms with E-state index in [4.69, 9.17) is 9.97 Å². The van der Waals surface area contributed by atoms with Gasteiger partial charge < -0.3 is 4.98 Å². The van der Waals surface area contributed by atoms with Gasteiger partial charge in [-0.05, 0) is 38.1 Å². The summed E-state index contributed by atoms with van der Waals surface area (Å²) in [5, 5.41) is 4.66. The molecular formula is C32H23N3. The second-order valence-corrected chi connectivity index (χ2v) is 9.17. The Balaban J connectivity index is 1.72. The van der Waals surface area contributed by atoms with Gasteiger partial charge in [0.15, 0.2) is 0 Å². The first-order valence-corrected chi connectivity index (χ1v) is 12.0. The molecule has 0 fully saturated rings. The molecule has 0 saturated heterocycles. The predicted molar refractivity (Wildman–Crippen MR) is 147 cm³/mol. The van der Waals surface area contributed by atoms with Crippen molar-refractivity contribution in [2.75, 3.05) is 0 Å². The van der Waals surface area contributed by atoms with Crippen LogP contribution in [0, 0.1) is 13.8 Å². The number of fused-ring (bicyclic) bond motifs is 4. The summed E-state index contributed by atoms with van der Waals surface area (Å²) in [5.74, 6) is 0. The Hall–Kier alpha value is -4.50. The molecule has 3 heterocycles. The topological polar surface area (TPSA) is 41.6 Å². The molecule has 3 nitrogen and oxygen atoms in total. The first-order valence-electron chi connectivity index (χ1n) is 12.0. The van der Waals surface area contributed by atoms with Crippen LogP contribution in [0.25, 0.3) is 65.9 Å². The number of nitrogens with zero attached hydrogens (tertiary/aromatic N) is 2. The van der Waals surface area contributed by atoms with Crippen molar-refractivity contribution >= 4 is 43.6 Å². The van der Waals surface area contributed by atoms with Crippen LogP contribution >= 0.6 is 0 Å². The molecule has 1 N–H and O–H groups in total. The molecule has 0 radical (unpaired) electrons. The van der Waals surface area contributed by atoms with Crippen LogP contribution in [0.2, 0.25) is 0 Å². The van der Waals surface area contributed by atoms with Gasteiger partial charge in [0.1, 0.15) is 0 Å². The maximum absolute atomic E-state index is 4.98. The average molecular weight is 450 g/mol. The average Bonchev–Trinajstić information content (AvgIpc) is 3.18. The number of rotatable bonds is 2. The lowest BCUT2D eigenvalue weighted by atomic mass is 9.87. The van der Waals surface area contributed by atoms with Crippen molar-refractivity contribution in [3.63, 3.8) is 0 Å². The van der Waals surface area contributed by atoms with Gasteiger partial charge >= 0.3 is 0 Å².